The molecule has 1 aliphatic rings. The Morgan fingerprint density at radius 1 is 1.33 bits per heavy atom. The SMILES string of the molecule is C/C=C/C(=O)N1CCCN(CCN)CC1. The van der Waals surface area contributed by atoms with Gasteiger partial charge in [0.15, 0.2) is 0 Å². The van der Waals surface area contributed by atoms with Crippen LogP contribution in [0.25, 0.3) is 0 Å². The Balaban J connectivity index is 2.41. The normalized spacial score (nSPS) is 19.5. The average molecular weight is 211 g/mol. The summed E-state index contributed by atoms with van der Waals surface area (Å²) >= 11 is 0. The quantitative estimate of drug-likeness (QED) is 0.671. The lowest BCUT2D eigenvalue weighted by Crippen LogP contribution is -2.35. The number of hydrogen-bond donors (Lipinski definition) is 1. The van der Waals surface area contributed by atoms with Crippen molar-refractivity contribution in [2.45, 2.75) is 13.3 Å². The lowest BCUT2D eigenvalue weighted by atomic mass is 10.3. The molecule has 0 aromatic rings. The summed E-state index contributed by atoms with van der Waals surface area (Å²) in [5.41, 5.74) is 5.52. The summed E-state index contributed by atoms with van der Waals surface area (Å²) in [5.74, 6) is 0.132. The van der Waals surface area contributed by atoms with Gasteiger partial charge in [0.2, 0.25) is 5.91 Å². The van der Waals surface area contributed by atoms with Crippen LogP contribution in [-0.2, 0) is 4.79 Å². The minimum Gasteiger partial charge on any atom is -0.338 e. The molecule has 0 bridgehead atoms. The van der Waals surface area contributed by atoms with E-state index in [-0.39, 0.29) is 5.91 Å². The van der Waals surface area contributed by atoms with E-state index < -0.39 is 0 Å². The molecule has 4 nitrogen and oxygen atoms in total. The van der Waals surface area contributed by atoms with Crippen molar-refractivity contribution in [3.05, 3.63) is 12.2 Å². The summed E-state index contributed by atoms with van der Waals surface area (Å²) in [4.78, 5) is 15.8. The number of nitrogens with zero attached hydrogens (tertiary/aromatic N) is 2. The van der Waals surface area contributed by atoms with Gasteiger partial charge in [-0.3, -0.25) is 4.79 Å². The molecule has 1 saturated heterocycles. The van der Waals surface area contributed by atoms with Crippen LogP contribution < -0.4 is 5.73 Å². The molecule has 0 radical (unpaired) electrons. The smallest absolute Gasteiger partial charge is 0.246 e. The van der Waals surface area contributed by atoms with Crippen LogP contribution in [0, 0.1) is 0 Å². The van der Waals surface area contributed by atoms with Crippen molar-refractivity contribution in [2.24, 2.45) is 5.73 Å². The summed E-state index contributed by atoms with van der Waals surface area (Å²) in [7, 11) is 0. The van der Waals surface area contributed by atoms with Crippen molar-refractivity contribution in [1.29, 1.82) is 0 Å². The van der Waals surface area contributed by atoms with E-state index in [2.05, 4.69) is 4.90 Å². The van der Waals surface area contributed by atoms with Crippen LogP contribution in [0.2, 0.25) is 0 Å². The largest absolute Gasteiger partial charge is 0.338 e. The zero-order valence-corrected chi connectivity index (χ0v) is 9.48. The lowest BCUT2D eigenvalue weighted by molar-refractivity contribution is -0.125. The molecule has 0 saturated carbocycles. The molecule has 1 amide bonds. The summed E-state index contributed by atoms with van der Waals surface area (Å²) in [5, 5.41) is 0. The highest BCUT2D eigenvalue weighted by molar-refractivity contribution is 5.87. The third-order valence-corrected chi connectivity index (χ3v) is 2.65. The molecule has 1 fully saturated rings. The van der Waals surface area contributed by atoms with E-state index in [9.17, 15) is 4.79 Å². The molecule has 2 N–H and O–H groups in total. The minimum atomic E-state index is 0.132. The van der Waals surface area contributed by atoms with Gasteiger partial charge in [-0.1, -0.05) is 6.08 Å². The molecule has 0 aromatic carbocycles. The summed E-state index contributed by atoms with van der Waals surface area (Å²) in [6.07, 6.45) is 4.48. The average Bonchev–Trinajstić information content (AvgIpc) is 2.44. The predicted octanol–water partition coefficient (Wildman–Crippen LogP) is 0.0555. The van der Waals surface area contributed by atoms with Crippen LogP contribution in [0.5, 0.6) is 0 Å². The van der Waals surface area contributed by atoms with Gasteiger partial charge in [-0.25, -0.2) is 0 Å². The molecule has 0 aromatic heterocycles. The number of allylic oxidation sites excluding steroid dienone is 1. The van der Waals surface area contributed by atoms with Crippen molar-refractivity contribution in [3.63, 3.8) is 0 Å². The Morgan fingerprint density at radius 3 is 2.80 bits per heavy atom. The zero-order valence-electron chi connectivity index (χ0n) is 9.48. The van der Waals surface area contributed by atoms with Gasteiger partial charge < -0.3 is 15.5 Å². The van der Waals surface area contributed by atoms with E-state index in [4.69, 9.17) is 5.73 Å². The molecule has 0 unspecified atom stereocenters. The molecule has 0 aliphatic carbocycles. The number of rotatable bonds is 3. The van der Waals surface area contributed by atoms with Crippen molar-refractivity contribution in [1.82, 2.24) is 9.80 Å². The van der Waals surface area contributed by atoms with Crippen LogP contribution in [0.1, 0.15) is 13.3 Å². The van der Waals surface area contributed by atoms with E-state index in [0.717, 1.165) is 39.1 Å². The molecular weight excluding hydrogens is 190 g/mol. The monoisotopic (exact) mass is 211 g/mol. The number of amides is 1. The van der Waals surface area contributed by atoms with Gasteiger partial charge >= 0.3 is 0 Å². The fraction of sp³-hybridized carbons (Fsp3) is 0.727. The van der Waals surface area contributed by atoms with Crippen molar-refractivity contribution in [3.8, 4) is 0 Å². The molecule has 0 spiro atoms. The van der Waals surface area contributed by atoms with Crippen molar-refractivity contribution < 1.29 is 4.79 Å². The van der Waals surface area contributed by atoms with E-state index in [1.165, 1.54) is 0 Å². The van der Waals surface area contributed by atoms with E-state index in [1.54, 1.807) is 12.2 Å². The van der Waals surface area contributed by atoms with Gasteiger partial charge in [0.1, 0.15) is 0 Å². The van der Waals surface area contributed by atoms with Gasteiger partial charge in [-0.05, 0) is 26.0 Å². The molecular formula is C11H21N3O. The molecule has 1 aliphatic heterocycles. The van der Waals surface area contributed by atoms with Crippen LogP contribution >= 0.6 is 0 Å². The number of carbonyl (C=O) groups excluding carboxylic acids is 1. The first-order valence-electron chi connectivity index (χ1n) is 5.62. The predicted molar refractivity (Wildman–Crippen MR) is 61.5 cm³/mol. The van der Waals surface area contributed by atoms with Gasteiger partial charge in [0.25, 0.3) is 0 Å². The Morgan fingerprint density at radius 2 is 2.13 bits per heavy atom. The maximum atomic E-state index is 11.6. The Labute approximate surface area is 91.7 Å². The van der Waals surface area contributed by atoms with Crippen LogP contribution in [0.4, 0.5) is 0 Å². The summed E-state index contributed by atoms with van der Waals surface area (Å²) < 4.78 is 0. The third kappa shape index (κ3) is 4.01. The molecule has 15 heavy (non-hydrogen) atoms. The van der Waals surface area contributed by atoms with E-state index >= 15 is 0 Å². The topological polar surface area (TPSA) is 49.6 Å². The third-order valence-electron chi connectivity index (χ3n) is 2.65. The highest BCUT2D eigenvalue weighted by Crippen LogP contribution is 2.03. The second-order valence-corrected chi connectivity index (χ2v) is 3.81. The minimum absolute atomic E-state index is 0.132. The van der Waals surface area contributed by atoms with Gasteiger partial charge in [-0.15, -0.1) is 0 Å². The number of carbonyl (C=O) groups is 1. The Bertz CT molecular complexity index is 228. The Kier molecular flexibility index (Phi) is 5.36. The number of nitrogens with two attached hydrogens (primary N) is 1. The molecule has 86 valence electrons. The highest BCUT2D eigenvalue weighted by atomic mass is 16.2. The van der Waals surface area contributed by atoms with Gasteiger partial charge in [-0.2, -0.15) is 0 Å². The van der Waals surface area contributed by atoms with Crippen LogP contribution in [-0.4, -0.2) is 55.0 Å². The second kappa shape index (κ2) is 6.58. The summed E-state index contributed by atoms with van der Waals surface area (Å²) in [6.45, 7) is 7.19. The highest BCUT2D eigenvalue weighted by Gasteiger charge is 2.16. The Hall–Kier alpha value is -0.870. The fourth-order valence-corrected chi connectivity index (χ4v) is 1.85. The van der Waals surface area contributed by atoms with E-state index in [1.807, 2.05) is 11.8 Å². The van der Waals surface area contributed by atoms with Crippen LogP contribution in [0.15, 0.2) is 12.2 Å². The first kappa shape index (κ1) is 12.2. The lowest BCUT2D eigenvalue weighted by Gasteiger charge is -2.20. The standard InChI is InChI=1S/C11H21N3O/c1-2-4-11(15)14-7-3-6-13(8-5-12)9-10-14/h2,4H,3,5-10,12H2,1H3/b4-2+. The molecule has 0 atom stereocenters. The molecule has 4 heteroatoms. The van der Waals surface area contributed by atoms with Gasteiger partial charge in [0.05, 0.1) is 0 Å². The second-order valence-electron chi connectivity index (χ2n) is 3.81. The fourth-order valence-electron chi connectivity index (χ4n) is 1.85. The maximum Gasteiger partial charge on any atom is 0.246 e. The van der Waals surface area contributed by atoms with Gasteiger partial charge in [0, 0.05) is 32.7 Å². The number of hydrogen-bond acceptors (Lipinski definition) is 3. The first-order chi connectivity index (χ1) is 7.27. The first-order valence-corrected chi connectivity index (χ1v) is 5.62. The zero-order chi connectivity index (χ0) is 11.1. The maximum absolute atomic E-state index is 11.6. The van der Waals surface area contributed by atoms with E-state index in [0.29, 0.717) is 6.54 Å². The van der Waals surface area contributed by atoms with Crippen molar-refractivity contribution >= 4 is 5.91 Å². The molecule has 1 heterocycles. The summed E-state index contributed by atoms with van der Waals surface area (Å²) in [6, 6.07) is 0. The van der Waals surface area contributed by atoms with Crippen LogP contribution in [0.3, 0.4) is 0 Å². The molecule has 1 rings (SSSR count). The van der Waals surface area contributed by atoms with Crippen molar-refractivity contribution in [2.75, 3.05) is 39.3 Å².